The second-order valence-electron chi connectivity index (χ2n) is 6.31. The van der Waals surface area contributed by atoms with Crippen molar-refractivity contribution in [2.45, 2.75) is 19.3 Å². The highest BCUT2D eigenvalue weighted by Crippen LogP contribution is 2.31. The number of hydrogen-bond donors (Lipinski definition) is 0. The lowest BCUT2D eigenvalue weighted by atomic mass is 10.0. The number of aryl methyl sites for hydroxylation is 1. The van der Waals surface area contributed by atoms with Gasteiger partial charge < -0.3 is 9.47 Å². The number of benzene rings is 1. The molecule has 30 heavy (non-hydrogen) atoms. The molecule has 1 aliphatic rings. The van der Waals surface area contributed by atoms with Gasteiger partial charge in [0.1, 0.15) is 17.5 Å². The van der Waals surface area contributed by atoms with Crippen LogP contribution in [0.1, 0.15) is 23.2 Å². The van der Waals surface area contributed by atoms with Gasteiger partial charge in [-0.1, -0.05) is 0 Å². The van der Waals surface area contributed by atoms with Gasteiger partial charge in [-0.2, -0.15) is 18.4 Å². The number of ether oxygens (including phenoxy) is 2. The maximum absolute atomic E-state index is 13.0. The van der Waals surface area contributed by atoms with Crippen molar-refractivity contribution in [2.75, 3.05) is 6.61 Å². The second-order valence-corrected chi connectivity index (χ2v) is 6.31. The molecule has 1 unspecified atom stereocenters. The number of cyclic esters (lactones) is 2. The number of aromatic nitrogens is 5. The van der Waals surface area contributed by atoms with Crippen LogP contribution >= 0.6 is 0 Å². The van der Waals surface area contributed by atoms with Crippen LogP contribution in [0, 0.1) is 18.3 Å². The van der Waals surface area contributed by atoms with Crippen LogP contribution in [0.4, 0.5) is 18.0 Å². The van der Waals surface area contributed by atoms with Gasteiger partial charge in [0, 0.05) is 17.3 Å². The van der Waals surface area contributed by atoms with E-state index in [2.05, 4.69) is 24.9 Å². The smallest absolute Gasteiger partial charge is 0.428 e. The van der Waals surface area contributed by atoms with Crippen LogP contribution in [-0.2, 0) is 15.7 Å². The van der Waals surface area contributed by atoms with Crippen LogP contribution in [0.15, 0.2) is 30.5 Å². The Kier molecular flexibility index (Phi) is 4.57. The molecule has 2 aromatic heterocycles. The summed E-state index contributed by atoms with van der Waals surface area (Å²) < 4.78 is 48.6. The summed E-state index contributed by atoms with van der Waals surface area (Å²) in [6.45, 7) is 1.61. The van der Waals surface area contributed by atoms with Gasteiger partial charge in [-0.25, -0.2) is 14.8 Å². The summed E-state index contributed by atoms with van der Waals surface area (Å²) in [7, 11) is 0. The number of nitrogens with zero attached hydrogens (tertiary/aromatic N) is 6. The van der Waals surface area contributed by atoms with E-state index in [4.69, 9.17) is 4.74 Å². The summed E-state index contributed by atoms with van der Waals surface area (Å²) in [5, 5.41) is 17.6. The van der Waals surface area contributed by atoms with Crippen molar-refractivity contribution in [1.29, 1.82) is 5.26 Å². The first-order valence-corrected chi connectivity index (χ1v) is 8.47. The Hall–Kier alpha value is -4.01. The van der Waals surface area contributed by atoms with Gasteiger partial charge in [-0.3, -0.25) is 0 Å². The Balaban J connectivity index is 1.77. The lowest BCUT2D eigenvalue weighted by Crippen LogP contribution is -2.14. The average molecular weight is 416 g/mol. The van der Waals surface area contributed by atoms with Crippen molar-refractivity contribution < 1.29 is 27.4 Å². The minimum absolute atomic E-state index is 0.0561. The van der Waals surface area contributed by atoms with Crippen molar-refractivity contribution in [3.8, 4) is 28.7 Å². The van der Waals surface area contributed by atoms with Gasteiger partial charge in [0.15, 0.2) is 18.1 Å². The second kappa shape index (κ2) is 7.11. The van der Waals surface area contributed by atoms with E-state index < -0.39 is 24.3 Å². The van der Waals surface area contributed by atoms with Crippen molar-refractivity contribution in [3.05, 3.63) is 47.4 Å². The van der Waals surface area contributed by atoms with E-state index >= 15 is 0 Å². The molecule has 0 spiro atoms. The molecule has 0 aliphatic carbocycles. The summed E-state index contributed by atoms with van der Waals surface area (Å²) in [6.07, 6.45) is -5.38. The van der Waals surface area contributed by atoms with Crippen LogP contribution < -0.4 is 0 Å². The normalized spacial score (nSPS) is 16.1. The quantitative estimate of drug-likeness (QED) is 0.598. The maximum Gasteiger partial charge on any atom is 0.510 e. The number of rotatable bonds is 3. The van der Waals surface area contributed by atoms with E-state index in [-0.39, 0.29) is 23.8 Å². The third-order valence-electron chi connectivity index (χ3n) is 4.12. The summed E-state index contributed by atoms with van der Waals surface area (Å²) >= 11 is 0. The van der Waals surface area contributed by atoms with Gasteiger partial charge in [-0.15, -0.1) is 15.0 Å². The van der Waals surface area contributed by atoms with E-state index in [1.807, 2.05) is 6.07 Å². The van der Waals surface area contributed by atoms with Gasteiger partial charge in [0.25, 0.3) is 0 Å². The lowest BCUT2D eigenvalue weighted by Gasteiger charge is -2.09. The molecule has 0 radical (unpaired) electrons. The van der Waals surface area contributed by atoms with Crippen LogP contribution in [-0.4, -0.2) is 37.7 Å². The zero-order chi connectivity index (χ0) is 21.5. The van der Waals surface area contributed by atoms with Crippen LogP contribution in [0.2, 0.25) is 0 Å². The minimum atomic E-state index is -4.61. The molecule has 0 bridgehead atoms. The van der Waals surface area contributed by atoms with Gasteiger partial charge in [0.05, 0.1) is 0 Å². The first-order chi connectivity index (χ1) is 14.2. The fourth-order valence-electron chi connectivity index (χ4n) is 2.86. The Bertz CT molecular complexity index is 1180. The molecule has 9 nitrogen and oxygen atoms in total. The lowest BCUT2D eigenvalue weighted by molar-refractivity contribution is -0.141. The van der Waals surface area contributed by atoms with E-state index in [0.717, 1.165) is 17.1 Å². The number of carbonyl (C=O) groups is 1. The Labute approximate surface area is 166 Å². The van der Waals surface area contributed by atoms with E-state index in [1.165, 1.54) is 6.07 Å². The van der Waals surface area contributed by atoms with E-state index in [1.54, 1.807) is 19.1 Å². The minimum Gasteiger partial charge on any atom is -0.428 e. The van der Waals surface area contributed by atoms with E-state index in [9.17, 15) is 23.2 Å². The molecule has 1 atom stereocenters. The molecule has 4 rings (SSSR count). The summed E-state index contributed by atoms with van der Waals surface area (Å²) in [6, 6.07) is 7.49. The summed E-state index contributed by atoms with van der Waals surface area (Å²) in [4.78, 5) is 19.7. The zero-order valence-corrected chi connectivity index (χ0v) is 15.2. The molecular formula is C18H11F3N6O3. The Morgan fingerprint density at radius 1 is 1.23 bits per heavy atom. The highest BCUT2D eigenvalue weighted by Gasteiger charge is 2.33. The number of hydrogen-bond acceptors (Lipinski definition) is 8. The maximum atomic E-state index is 13.0. The third-order valence-corrected chi connectivity index (χ3v) is 4.12. The molecule has 12 heteroatoms. The monoisotopic (exact) mass is 416 g/mol. The van der Waals surface area contributed by atoms with E-state index in [0.29, 0.717) is 16.7 Å². The molecule has 0 N–H and O–H groups in total. The molecule has 1 aliphatic heterocycles. The highest BCUT2D eigenvalue weighted by molar-refractivity contribution is 5.71. The largest absolute Gasteiger partial charge is 0.510 e. The standard InChI is InChI=1S/C18H11F3N6O3/c1-9-4-10(6-11(5-9)16-23-3-2-13(24-16)18(19,20)21)15-12(7-22)25-27(26-15)14-8-29-17(28)30-14/h2-6,14H,8H2,1H3. The highest BCUT2D eigenvalue weighted by atomic mass is 19.4. The molecule has 152 valence electrons. The molecule has 1 fully saturated rings. The predicted octanol–water partition coefficient (Wildman–Crippen LogP) is 3.27. The van der Waals surface area contributed by atoms with Crippen LogP contribution in [0.25, 0.3) is 22.6 Å². The summed E-state index contributed by atoms with van der Waals surface area (Å²) in [5.41, 5.74) is 0.445. The topological polar surface area (TPSA) is 116 Å². The summed E-state index contributed by atoms with van der Waals surface area (Å²) in [5.74, 6) is -0.126. The first kappa shape index (κ1) is 19.3. The first-order valence-electron chi connectivity index (χ1n) is 8.47. The van der Waals surface area contributed by atoms with Gasteiger partial charge >= 0.3 is 12.3 Å². The fourth-order valence-corrected chi connectivity index (χ4v) is 2.86. The molecule has 1 saturated heterocycles. The van der Waals surface area contributed by atoms with Crippen molar-refractivity contribution in [1.82, 2.24) is 25.0 Å². The number of halogens is 3. The number of alkyl halides is 3. The molecule has 0 amide bonds. The predicted molar refractivity (Wildman–Crippen MR) is 92.4 cm³/mol. The SMILES string of the molecule is Cc1cc(-c2nccc(C(F)(F)F)n2)cc(-c2nn(C3COC(=O)O3)nc2C#N)c1. The van der Waals surface area contributed by atoms with Gasteiger partial charge in [-0.05, 0) is 36.8 Å². The fraction of sp³-hybridized carbons (Fsp3) is 0.222. The number of carbonyl (C=O) groups excluding carboxylic acids is 1. The zero-order valence-electron chi connectivity index (χ0n) is 15.2. The molecule has 3 aromatic rings. The van der Waals surface area contributed by atoms with Crippen LogP contribution in [0.5, 0.6) is 0 Å². The van der Waals surface area contributed by atoms with Crippen LogP contribution in [0.3, 0.4) is 0 Å². The Morgan fingerprint density at radius 3 is 2.67 bits per heavy atom. The Morgan fingerprint density at radius 2 is 2.00 bits per heavy atom. The molecule has 1 aromatic carbocycles. The number of nitriles is 1. The van der Waals surface area contributed by atoms with Crippen molar-refractivity contribution >= 4 is 6.16 Å². The molecular weight excluding hydrogens is 405 g/mol. The average Bonchev–Trinajstić information content (AvgIpc) is 3.33. The van der Waals surface area contributed by atoms with Crippen molar-refractivity contribution in [2.24, 2.45) is 0 Å². The third kappa shape index (κ3) is 3.64. The molecule has 0 saturated carbocycles. The molecule has 3 heterocycles. The van der Waals surface area contributed by atoms with Gasteiger partial charge in [0.2, 0.25) is 6.23 Å². The van der Waals surface area contributed by atoms with Crippen molar-refractivity contribution in [3.63, 3.8) is 0 Å².